The fourth-order valence-corrected chi connectivity index (χ4v) is 2.09. The van der Waals surface area contributed by atoms with Crippen LogP contribution >= 0.6 is 0 Å². The molecule has 9 heteroatoms. The molecule has 2 amide bonds. The van der Waals surface area contributed by atoms with E-state index in [4.69, 9.17) is 5.11 Å². The number of H-pyrrole nitrogens is 1. The topological polar surface area (TPSA) is 132 Å². The van der Waals surface area contributed by atoms with Crippen molar-refractivity contribution in [3.05, 3.63) is 51.9 Å². The Balaban J connectivity index is 2.12. The quantitative estimate of drug-likeness (QED) is 0.710. The van der Waals surface area contributed by atoms with Crippen molar-refractivity contribution in [2.24, 2.45) is 0 Å². The first-order valence-corrected chi connectivity index (χ1v) is 7.73. The lowest BCUT2D eigenvalue weighted by molar-refractivity contribution is -0.138. The number of aryl methyl sites for hydroxylation is 1. The van der Waals surface area contributed by atoms with Gasteiger partial charge in [0.15, 0.2) is 0 Å². The number of carbonyl (C=O) groups is 3. The molecule has 2 aromatic rings. The highest BCUT2D eigenvalue weighted by molar-refractivity contribution is 6.05. The van der Waals surface area contributed by atoms with Crippen LogP contribution in [0, 0.1) is 6.92 Å². The SMILES string of the molecule is Cc1ccc(N(C)C(=O)c2cnc(NC(=O)CCC(=O)O)[nH]c2=O)cc1. The molecule has 136 valence electrons. The molecule has 9 nitrogen and oxygen atoms in total. The van der Waals surface area contributed by atoms with Crippen molar-refractivity contribution in [3.8, 4) is 0 Å². The number of aromatic amines is 1. The lowest BCUT2D eigenvalue weighted by Gasteiger charge is -2.17. The summed E-state index contributed by atoms with van der Waals surface area (Å²) in [5, 5.41) is 10.8. The van der Waals surface area contributed by atoms with Crippen LogP contribution in [0.3, 0.4) is 0 Å². The van der Waals surface area contributed by atoms with E-state index >= 15 is 0 Å². The number of carbonyl (C=O) groups excluding carboxylic acids is 2. The van der Waals surface area contributed by atoms with Gasteiger partial charge in [0.25, 0.3) is 11.5 Å². The van der Waals surface area contributed by atoms with Gasteiger partial charge in [0, 0.05) is 25.4 Å². The molecule has 1 heterocycles. The molecule has 0 fully saturated rings. The monoisotopic (exact) mass is 358 g/mol. The Labute approximate surface area is 148 Å². The minimum absolute atomic E-state index is 0.153. The number of nitrogens with zero attached hydrogens (tertiary/aromatic N) is 2. The van der Waals surface area contributed by atoms with Crippen LogP contribution in [-0.2, 0) is 9.59 Å². The van der Waals surface area contributed by atoms with Gasteiger partial charge in [-0.3, -0.25) is 29.5 Å². The largest absolute Gasteiger partial charge is 0.481 e. The summed E-state index contributed by atoms with van der Waals surface area (Å²) in [5.41, 5.74) is 0.761. The summed E-state index contributed by atoms with van der Waals surface area (Å²) in [5.74, 6) is -2.42. The zero-order valence-electron chi connectivity index (χ0n) is 14.3. The van der Waals surface area contributed by atoms with E-state index < -0.39 is 23.3 Å². The van der Waals surface area contributed by atoms with Gasteiger partial charge in [-0.25, -0.2) is 4.98 Å². The van der Waals surface area contributed by atoms with E-state index in [1.54, 1.807) is 12.1 Å². The Morgan fingerprint density at radius 2 is 1.85 bits per heavy atom. The van der Waals surface area contributed by atoms with Crippen LogP contribution in [0.2, 0.25) is 0 Å². The van der Waals surface area contributed by atoms with Crippen molar-refractivity contribution in [1.82, 2.24) is 9.97 Å². The number of hydrogen-bond donors (Lipinski definition) is 3. The molecule has 0 aliphatic heterocycles. The second-order valence-corrected chi connectivity index (χ2v) is 5.62. The molecular formula is C17H18N4O5. The summed E-state index contributed by atoms with van der Waals surface area (Å²) in [4.78, 5) is 54.0. The van der Waals surface area contributed by atoms with E-state index in [1.165, 1.54) is 11.9 Å². The van der Waals surface area contributed by atoms with Crippen LogP contribution in [0.1, 0.15) is 28.8 Å². The maximum absolute atomic E-state index is 12.5. The first-order chi connectivity index (χ1) is 12.3. The van der Waals surface area contributed by atoms with Gasteiger partial charge in [0.05, 0.1) is 6.42 Å². The summed E-state index contributed by atoms with van der Waals surface area (Å²) < 4.78 is 0. The molecule has 0 unspecified atom stereocenters. The normalized spacial score (nSPS) is 10.2. The highest BCUT2D eigenvalue weighted by Crippen LogP contribution is 2.15. The Hall–Kier alpha value is -3.49. The maximum Gasteiger partial charge on any atom is 0.303 e. The van der Waals surface area contributed by atoms with E-state index in [0.717, 1.165) is 11.8 Å². The van der Waals surface area contributed by atoms with Gasteiger partial charge < -0.3 is 10.0 Å². The third kappa shape index (κ3) is 4.76. The molecule has 0 aliphatic rings. The zero-order valence-corrected chi connectivity index (χ0v) is 14.3. The number of aliphatic carboxylic acids is 1. The summed E-state index contributed by atoms with van der Waals surface area (Å²) in [6, 6.07) is 7.20. The Bertz CT molecular complexity index is 889. The highest BCUT2D eigenvalue weighted by Gasteiger charge is 2.18. The molecule has 2 rings (SSSR count). The first kappa shape index (κ1) is 18.8. The number of aromatic nitrogens is 2. The summed E-state index contributed by atoms with van der Waals surface area (Å²) in [7, 11) is 1.54. The van der Waals surface area contributed by atoms with Crippen molar-refractivity contribution in [3.63, 3.8) is 0 Å². The second kappa shape index (κ2) is 8.06. The van der Waals surface area contributed by atoms with Crippen molar-refractivity contribution in [1.29, 1.82) is 0 Å². The van der Waals surface area contributed by atoms with Gasteiger partial charge in [0.1, 0.15) is 5.56 Å². The number of nitrogens with one attached hydrogen (secondary N) is 2. The van der Waals surface area contributed by atoms with Crippen LogP contribution in [0.25, 0.3) is 0 Å². The van der Waals surface area contributed by atoms with Crippen molar-refractivity contribution >= 4 is 29.4 Å². The molecule has 3 N–H and O–H groups in total. The predicted octanol–water partition coefficient (Wildman–Crippen LogP) is 1.16. The minimum Gasteiger partial charge on any atom is -0.481 e. The molecular weight excluding hydrogens is 340 g/mol. The van der Waals surface area contributed by atoms with Crippen molar-refractivity contribution < 1.29 is 19.5 Å². The number of benzene rings is 1. The van der Waals surface area contributed by atoms with E-state index in [9.17, 15) is 19.2 Å². The Morgan fingerprint density at radius 3 is 2.42 bits per heavy atom. The van der Waals surface area contributed by atoms with E-state index in [1.807, 2.05) is 19.1 Å². The summed E-state index contributed by atoms with van der Waals surface area (Å²) in [6.45, 7) is 1.92. The molecule has 26 heavy (non-hydrogen) atoms. The molecule has 0 bridgehead atoms. The van der Waals surface area contributed by atoms with Crippen molar-refractivity contribution in [2.75, 3.05) is 17.3 Å². The van der Waals surface area contributed by atoms with E-state index in [2.05, 4.69) is 15.3 Å². The van der Waals surface area contributed by atoms with Gasteiger partial charge in [-0.1, -0.05) is 17.7 Å². The maximum atomic E-state index is 12.5. The smallest absolute Gasteiger partial charge is 0.303 e. The van der Waals surface area contributed by atoms with Crippen LogP contribution < -0.4 is 15.8 Å². The minimum atomic E-state index is -1.11. The Kier molecular flexibility index (Phi) is 5.84. The number of anilines is 2. The number of hydrogen-bond acceptors (Lipinski definition) is 5. The molecule has 0 saturated carbocycles. The average molecular weight is 358 g/mol. The third-order valence-corrected chi connectivity index (χ3v) is 3.58. The van der Waals surface area contributed by atoms with E-state index in [-0.39, 0.29) is 24.4 Å². The molecule has 0 atom stereocenters. The predicted molar refractivity (Wildman–Crippen MR) is 94.3 cm³/mol. The molecule has 0 radical (unpaired) electrons. The standard InChI is InChI=1S/C17H18N4O5/c1-10-3-5-11(6-4-10)21(2)16(26)12-9-18-17(20-15(12)25)19-13(22)7-8-14(23)24/h3-6,9H,7-8H2,1-2H3,(H,23,24)(H2,18,19,20,22,25). The molecule has 1 aromatic heterocycles. The van der Waals surface area contributed by atoms with Crippen LogP contribution in [0.4, 0.5) is 11.6 Å². The van der Waals surface area contributed by atoms with Crippen LogP contribution in [-0.4, -0.2) is 39.9 Å². The average Bonchev–Trinajstić information content (AvgIpc) is 2.59. The summed E-state index contributed by atoms with van der Waals surface area (Å²) >= 11 is 0. The van der Waals surface area contributed by atoms with Gasteiger partial charge in [-0.15, -0.1) is 0 Å². The lowest BCUT2D eigenvalue weighted by Crippen LogP contribution is -2.32. The third-order valence-electron chi connectivity index (χ3n) is 3.58. The van der Waals surface area contributed by atoms with Crippen LogP contribution in [0.15, 0.2) is 35.3 Å². The molecule has 0 spiro atoms. The highest BCUT2D eigenvalue weighted by atomic mass is 16.4. The summed E-state index contributed by atoms with van der Waals surface area (Å²) in [6.07, 6.45) is 0.475. The number of rotatable bonds is 6. The van der Waals surface area contributed by atoms with Crippen molar-refractivity contribution in [2.45, 2.75) is 19.8 Å². The van der Waals surface area contributed by atoms with Gasteiger partial charge >= 0.3 is 5.97 Å². The molecule has 0 aliphatic carbocycles. The van der Waals surface area contributed by atoms with Gasteiger partial charge in [-0.2, -0.15) is 0 Å². The fraction of sp³-hybridized carbons (Fsp3) is 0.235. The number of carboxylic acids is 1. The van der Waals surface area contributed by atoms with Gasteiger partial charge in [0.2, 0.25) is 11.9 Å². The Morgan fingerprint density at radius 1 is 1.19 bits per heavy atom. The van der Waals surface area contributed by atoms with Crippen LogP contribution in [0.5, 0.6) is 0 Å². The lowest BCUT2D eigenvalue weighted by atomic mass is 10.2. The molecule has 1 aromatic carbocycles. The molecule has 0 saturated heterocycles. The van der Waals surface area contributed by atoms with E-state index in [0.29, 0.717) is 5.69 Å². The number of carboxylic acid groups (broad SMARTS) is 1. The zero-order chi connectivity index (χ0) is 19.3. The first-order valence-electron chi connectivity index (χ1n) is 7.73. The second-order valence-electron chi connectivity index (χ2n) is 5.62. The number of amides is 2. The van der Waals surface area contributed by atoms with Gasteiger partial charge in [-0.05, 0) is 19.1 Å². The fourth-order valence-electron chi connectivity index (χ4n) is 2.09.